The lowest BCUT2D eigenvalue weighted by Gasteiger charge is -2.33. The van der Waals surface area contributed by atoms with Crippen molar-refractivity contribution in [3.05, 3.63) is 16.6 Å². The smallest absolute Gasteiger partial charge is 0.0794 e. The first kappa shape index (κ1) is 12.6. The monoisotopic (exact) mass is 266 g/mol. The topological polar surface area (TPSA) is 34.2 Å². The quantitative estimate of drug-likeness (QED) is 0.909. The van der Waals surface area contributed by atoms with Gasteiger partial charge in [-0.1, -0.05) is 19.3 Å². The van der Waals surface area contributed by atoms with Gasteiger partial charge in [-0.05, 0) is 25.7 Å². The van der Waals surface area contributed by atoms with E-state index in [1.165, 1.54) is 49.8 Å². The van der Waals surface area contributed by atoms with Gasteiger partial charge in [0.1, 0.15) is 0 Å². The van der Waals surface area contributed by atoms with Crippen LogP contribution in [0.15, 0.2) is 11.7 Å². The van der Waals surface area contributed by atoms with Crippen LogP contribution in [0.4, 0.5) is 0 Å². The van der Waals surface area contributed by atoms with Gasteiger partial charge in [0.25, 0.3) is 0 Å². The number of thiazole rings is 1. The van der Waals surface area contributed by atoms with E-state index in [4.69, 9.17) is 4.74 Å². The van der Waals surface area contributed by atoms with Gasteiger partial charge in [-0.3, -0.25) is 4.98 Å². The fourth-order valence-corrected chi connectivity index (χ4v) is 3.85. The Morgan fingerprint density at radius 2 is 2.22 bits per heavy atom. The van der Waals surface area contributed by atoms with Gasteiger partial charge in [0.2, 0.25) is 0 Å². The first-order valence-electron chi connectivity index (χ1n) is 7.12. The van der Waals surface area contributed by atoms with Gasteiger partial charge in [-0.15, -0.1) is 11.3 Å². The molecule has 4 heteroatoms. The van der Waals surface area contributed by atoms with Gasteiger partial charge in [0, 0.05) is 24.2 Å². The fraction of sp³-hybridized carbons (Fsp3) is 0.786. The van der Waals surface area contributed by atoms with E-state index in [0.29, 0.717) is 6.10 Å². The molecule has 3 rings (SSSR count). The molecule has 1 saturated heterocycles. The average molecular weight is 266 g/mol. The molecular weight excluding hydrogens is 244 g/mol. The van der Waals surface area contributed by atoms with E-state index in [2.05, 4.69) is 10.3 Å². The molecule has 1 atom stereocenters. The Balaban J connectivity index is 1.42. The summed E-state index contributed by atoms with van der Waals surface area (Å²) in [5.74, 6) is 0. The number of nitrogens with zero attached hydrogens (tertiary/aromatic N) is 1. The molecule has 0 radical (unpaired) electrons. The van der Waals surface area contributed by atoms with Crippen molar-refractivity contribution in [2.45, 2.75) is 63.2 Å². The van der Waals surface area contributed by atoms with E-state index in [1.54, 1.807) is 11.3 Å². The normalized spacial score (nSPS) is 26.8. The highest BCUT2D eigenvalue weighted by atomic mass is 32.1. The van der Waals surface area contributed by atoms with Crippen LogP contribution < -0.4 is 5.32 Å². The molecule has 1 aliphatic carbocycles. The third-order valence-corrected chi connectivity index (χ3v) is 5.04. The lowest BCUT2D eigenvalue weighted by Crippen LogP contribution is -2.34. The Morgan fingerprint density at radius 1 is 1.33 bits per heavy atom. The first-order chi connectivity index (χ1) is 8.86. The molecule has 1 aromatic rings. The molecule has 0 aromatic carbocycles. The summed E-state index contributed by atoms with van der Waals surface area (Å²) in [5.41, 5.74) is 2.15. The highest BCUT2D eigenvalue weighted by Crippen LogP contribution is 2.41. The van der Waals surface area contributed by atoms with Crippen molar-refractivity contribution in [2.24, 2.45) is 0 Å². The molecule has 18 heavy (non-hydrogen) atoms. The highest BCUT2D eigenvalue weighted by molar-refractivity contribution is 7.09. The molecule has 1 saturated carbocycles. The maximum absolute atomic E-state index is 6.33. The van der Waals surface area contributed by atoms with Crippen LogP contribution in [0.5, 0.6) is 0 Å². The zero-order valence-electron chi connectivity index (χ0n) is 10.9. The second-order valence-corrected chi connectivity index (χ2v) is 6.59. The predicted molar refractivity (Wildman–Crippen MR) is 73.7 cm³/mol. The Hall–Kier alpha value is -0.450. The third-order valence-electron chi connectivity index (χ3n) is 4.26. The standard InChI is InChI=1S/C14H22N2OS/c1-2-5-14(6-3-1)7-4-12(17-14)8-15-9-13-10-16-11-18-13/h10-12,15H,1-9H2. The summed E-state index contributed by atoms with van der Waals surface area (Å²) >= 11 is 1.71. The van der Waals surface area contributed by atoms with Gasteiger partial charge in [-0.2, -0.15) is 0 Å². The second-order valence-electron chi connectivity index (χ2n) is 5.62. The predicted octanol–water partition coefficient (Wildman–Crippen LogP) is 3.11. The number of rotatable bonds is 4. The minimum Gasteiger partial charge on any atom is -0.370 e. The van der Waals surface area contributed by atoms with Crippen LogP contribution in [0.2, 0.25) is 0 Å². The van der Waals surface area contributed by atoms with Crippen molar-refractivity contribution in [2.75, 3.05) is 6.54 Å². The molecule has 1 unspecified atom stereocenters. The Morgan fingerprint density at radius 3 is 3.00 bits per heavy atom. The van der Waals surface area contributed by atoms with Crippen LogP contribution in [0.1, 0.15) is 49.8 Å². The van der Waals surface area contributed by atoms with E-state index in [-0.39, 0.29) is 5.60 Å². The molecule has 0 amide bonds. The lowest BCUT2D eigenvalue weighted by atomic mass is 9.83. The number of nitrogens with one attached hydrogen (secondary N) is 1. The van der Waals surface area contributed by atoms with E-state index in [1.807, 2.05) is 11.7 Å². The van der Waals surface area contributed by atoms with Crippen molar-refractivity contribution in [3.8, 4) is 0 Å². The maximum atomic E-state index is 6.33. The molecule has 100 valence electrons. The van der Waals surface area contributed by atoms with Gasteiger partial charge >= 0.3 is 0 Å². The number of hydrogen-bond acceptors (Lipinski definition) is 4. The summed E-state index contributed by atoms with van der Waals surface area (Å²) in [4.78, 5) is 5.39. The molecule has 0 bridgehead atoms. The first-order valence-corrected chi connectivity index (χ1v) is 8.00. The minimum atomic E-state index is 0.259. The van der Waals surface area contributed by atoms with E-state index in [0.717, 1.165) is 13.1 Å². The number of hydrogen-bond donors (Lipinski definition) is 1. The number of ether oxygens (including phenoxy) is 1. The Bertz CT molecular complexity index is 360. The van der Waals surface area contributed by atoms with Crippen LogP contribution in [-0.4, -0.2) is 23.2 Å². The summed E-state index contributed by atoms with van der Waals surface area (Å²) in [7, 11) is 0. The zero-order valence-corrected chi connectivity index (χ0v) is 11.7. The third kappa shape index (κ3) is 2.92. The molecule has 2 heterocycles. The van der Waals surface area contributed by atoms with Crippen molar-refractivity contribution < 1.29 is 4.74 Å². The minimum absolute atomic E-state index is 0.259. The van der Waals surface area contributed by atoms with E-state index < -0.39 is 0 Å². The summed E-state index contributed by atoms with van der Waals surface area (Å²) < 4.78 is 6.33. The number of aromatic nitrogens is 1. The largest absolute Gasteiger partial charge is 0.370 e. The van der Waals surface area contributed by atoms with Crippen molar-refractivity contribution in [3.63, 3.8) is 0 Å². The van der Waals surface area contributed by atoms with Crippen LogP contribution in [0.25, 0.3) is 0 Å². The summed E-state index contributed by atoms with van der Waals surface area (Å²) in [6, 6.07) is 0. The molecule has 2 fully saturated rings. The van der Waals surface area contributed by atoms with Crippen molar-refractivity contribution in [1.29, 1.82) is 0 Å². The molecule has 3 nitrogen and oxygen atoms in total. The molecular formula is C14H22N2OS. The summed E-state index contributed by atoms with van der Waals surface area (Å²) in [6.07, 6.45) is 11.6. The summed E-state index contributed by atoms with van der Waals surface area (Å²) in [6.45, 7) is 1.91. The van der Waals surface area contributed by atoms with E-state index in [9.17, 15) is 0 Å². The highest BCUT2D eigenvalue weighted by Gasteiger charge is 2.40. The van der Waals surface area contributed by atoms with Crippen molar-refractivity contribution in [1.82, 2.24) is 10.3 Å². The van der Waals surface area contributed by atoms with Crippen molar-refractivity contribution >= 4 is 11.3 Å². The van der Waals surface area contributed by atoms with Crippen LogP contribution in [0, 0.1) is 0 Å². The maximum Gasteiger partial charge on any atom is 0.0794 e. The van der Waals surface area contributed by atoms with Crippen LogP contribution in [-0.2, 0) is 11.3 Å². The SMILES string of the molecule is c1ncc(CNCC2CCC3(CCCCC3)O2)s1. The Labute approximate surface area is 113 Å². The Kier molecular flexibility index (Phi) is 3.97. The molecule has 1 aromatic heterocycles. The van der Waals surface area contributed by atoms with Crippen LogP contribution in [0.3, 0.4) is 0 Å². The van der Waals surface area contributed by atoms with Gasteiger partial charge < -0.3 is 10.1 Å². The average Bonchev–Trinajstić information content (AvgIpc) is 3.02. The van der Waals surface area contributed by atoms with Gasteiger partial charge in [-0.25, -0.2) is 0 Å². The molecule has 2 aliphatic rings. The van der Waals surface area contributed by atoms with E-state index >= 15 is 0 Å². The zero-order chi connectivity index (χ0) is 12.3. The second kappa shape index (κ2) is 5.68. The molecule has 1 aliphatic heterocycles. The molecule has 1 N–H and O–H groups in total. The van der Waals surface area contributed by atoms with Crippen LogP contribution >= 0.6 is 11.3 Å². The lowest BCUT2D eigenvalue weighted by molar-refractivity contribution is -0.0624. The van der Waals surface area contributed by atoms with Gasteiger partial charge in [0.05, 0.1) is 17.2 Å². The molecule has 1 spiro atoms. The fourth-order valence-electron chi connectivity index (χ4n) is 3.29. The van der Waals surface area contributed by atoms with Gasteiger partial charge in [0.15, 0.2) is 0 Å². The summed E-state index contributed by atoms with van der Waals surface area (Å²) in [5, 5.41) is 3.50.